The maximum atomic E-state index is 12.1. The predicted molar refractivity (Wildman–Crippen MR) is 89.8 cm³/mol. The highest BCUT2D eigenvalue weighted by Gasteiger charge is 2.14. The molecule has 6 heteroatoms. The third kappa shape index (κ3) is 3.63. The van der Waals surface area contributed by atoms with Crippen LogP contribution >= 0.6 is 11.6 Å². The summed E-state index contributed by atoms with van der Waals surface area (Å²) in [5.74, 6) is 0.0236. The summed E-state index contributed by atoms with van der Waals surface area (Å²) in [6.07, 6.45) is 0. The molecule has 0 aliphatic heterocycles. The first-order chi connectivity index (χ1) is 11.5. The van der Waals surface area contributed by atoms with Crippen LogP contribution in [0.15, 0.2) is 47.0 Å². The van der Waals surface area contributed by atoms with Gasteiger partial charge >= 0.3 is 5.97 Å². The van der Waals surface area contributed by atoms with Crippen LogP contribution in [-0.4, -0.2) is 16.1 Å². The van der Waals surface area contributed by atoms with E-state index >= 15 is 0 Å². The maximum absolute atomic E-state index is 12.1. The molecule has 2 aromatic heterocycles. The lowest BCUT2D eigenvalue weighted by molar-refractivity contribution is 0.0436. The van der Waals surface area contributed by atoms with E-state index in [9.17, 15) is 4.79 Å². The van der Waals surface area contributed by atoms with E-state index in [1.807, 2.05) is 19.1 Å². The third-order valence-corrected chi connectivity index (χ3v) is 3.74. The molecule has 0 aliphatic rings. The highest BCUT2D eigenvalue weighted by atomic mass is 35.5. The number of ether oxygens (including phenoxy) is 1. The monoisotopic (exact) mass is 342 g/mol. The number of nitrogens with zero attached hydrogens (tertiary/aromatic N) is 2. The summed E-state index contributed by atoms with van der Waals surface area (Å²) in [6.45, 7) is 3.65. The van der Waals surface area contributed by atoms with E-state index in [4.69, 9.17) is 20.9 Å². The number of aromatic nitrogens is 2. The summed E-state index contributed by atoms with van der Waals surface area (Å²) in [5, 5.41) is 4.63. The first-order valence-electron chi connectivity index (χ1n) is 7.36. The molecule has 1 aromatic carbocycles. The number of aryl methyl sites for hydroxylation is 2. The number of carbonyl (C=O) groups is 1. The number of hydrogen-bond acceptors (Lipinski definition) is 5. The van der Waals surface area contributed by atoms with E-state index in [1.165, 1.54) is 0 Å². The highest BCUT2D eigenvalue weighted by Crippen LogP contribution is 2.21. The molecule has 2 heterocycles. The van der Waals surface area contributed by atoms with E-state index in [1.54, 1.807) is 37.3 Å². The number of hydrogen-bond donors (Lipinski definition) is 0. The number of rotatable bonds is 4. The molecule has 0 saturated carbocycles. The molecule has 122 valence electrons. The molecule has 0 atom stereocenters. The maximum Gasteiger partial charge on any atom is 0.340 e. The van der Waals surface area contributed by atoms with Gasteiger partial charge in [-0.15, -0.1) is 0 Å². The van der Waals surface area contributed by atoms with E-state index in [2.05, 4.69) is 10.1 Å². The van der Waals surface area contributed by atoms with Gasteiger partial charge in [-0.2, -0.15) is 0 Å². The van der Waals surface area contributed by atoms with Crippen molar-refractivity contribution in [3.63, 3.8) is 0 Å². The Kier molecular flexibility index (Phi) is 4.62. The lowest BCUT2D eigenvalue weighted by Gasteiger charge is -2.05. The van der Waals surface area contributed by atoms with Crippen LogP contribution in [0.5, 0.6) is 0 Å². The minimum absolute atomic E-state index is 0.00669. The average molecular weight is 343 g/mol. The number of pyridine rings is 1. The largest absolute Gasteiger partial charge is 0.454 e. The van der Waals surface area contributed by atoms with Crippen LogP contribution in [0, 0.1) is 13.8 Å². The summed E-state index contributed by atoms with van der Waals surface area (Å²) in [6, 6.07) is 12.5. The van der Waals surface area contributed by atoms with Crippen LogP contribution < -0.4 is 0 Å². The molecule has 0 radical (unpaired) electrons. The Morgan fingerprint density at radius 1 is 1.17 bits per heavy atom. The van der Waals surface area contributed by atoms with Gasteiger partial charge in [-0.1, -0.05) is 28.9 Å². The normalized spacial score (nSPS) is 10.6. The predicted octanol–water partition coefficient (Wildman–Crippen LogP) is 4.36. The van der Waals surface area contributed by atoms with Crippen molar-refractivity contribution in [1.29, 1.82) is 0 Å². The van der Waals surface area contributed by atoms with Gasteiger partial charge in [0.2, 0.25) is 0 Å². The first kappa shape index (κ1) is 16.2. The van der Waals surface area contributed by atoms with E-state index in [0.717, 1.165) is 11.3 Å². The van der Waals surface area contributed by atoms with Gasteiger partial charge in [-0.05, 0) is 38.1 Å². The zero-order valence-electron chi connectivity index (χ0n) is 13.2. The third-order valence-electron chi connectivity index (χ3n) is 3.49. The van der Waals surface area contributed by atoms with Crippen molar-refractivity contribution in [2.45, 2.75) is 20.5 Å². The Hall–Kier alpha value is -2.66. The molecule has 0 aliphatic carbocycles. The zero-order chi connectivity index (χ0) is 17.1. The van der Waals surface area contributed by atoms with Crippen molar-refractivity contribution in [3.8, 4) is 11.3 Å². The number of benzene rings is 1. The van der Waals surface area contributed by atoms with Gasteiger partial charge in [0.15, 0.2) is 12.4 Å². The standard InChI is InChI=1S/C18H15ClN2O3/c1-11-3-8-16(12(2)20-11)18(22)23-10-15-9-17(21-24-15)13-4-6-14(19)7-5-13/h3-9H,10H2,1-2H3. The van der Waals surface area contributed by atoms with Crippen LogP contribution in [0.4, 0.5) is 0 Å². The molecular formula is C18H15ClN2O3. The second-order valence-electron chi connectivity index (χ2n) is 5.35. The quantitative estimate of drug-likeness (QED) is 0.659. The van der Waals surface area contributed by atoms with Gasteiger partial charge in [0.25, 0.3) is 0 Å². The van der Waals surface area contributed by atoms with Crippen LogP contribution in [0.25, 0.3) is 11.3 Å². The minimum atomic E-state index is -0.440. The fourth-order valence-corrected chi connectivity index (χ4v) is 2.38. The molecule has 0 spiro atoms. The van der Waals surface area contributed by atoms with Crippen LogP contribution in [0.1, 0.15) is 27.5 Å². The molecule has 24 heavy (non-hydrogen) atoms. The van der Waals surface area contributed by atoms with E-state index in [-0.39, 0.29) is 6.61 Å². The summed E-state index contributed by atoms with van der Waals surface area (Å²) >= 11 is 5.86. The highest BCUT2D eigenvalue weighted by molar-refractivity contribution is 6.30. The fraction of sp³-hybridized carbons (Fsp3) is 0.167. The fourth-order valence-electron chi connectivity index (χ4n) is 2.25. The molecule has 5 nitrogen and oxygen atoms in total. The lowest BCUT2D eigenvalue weighted by atomic mass is 10.1. The van der Waals surface area contributed by atoms with Crippen LogP contribution in [0.3, 0.4) is 0 Å². The molecule has 0 saturated heterocycles. The van der Waals surface area contributed by atoms with Crippen LogP contribution in [-0.2, 0) is 11.3 Å². The van der Waals surface area contributed by atoms with E-state index in [0.29, 0.717) is 27.7 Å². The first-order valence-corrected chi connectivity index (χ1v) is 7.73. The van der Waals surface area contributed by atoms with Gasteiger partial charge in [-0.3, -0.25) is 4.98 Å². The Morgan fingerprint density at radius 3 is 2.62 bits per heavy atom. The second kappa shape index (κ2) is 6.84. The van der Waals surface area contributed by atoms with Crippen molar-refractivity contribution in [1.82, 2.24) is 10.1 Å². The van der Waals surface area contributed by atoms with Crippen molar-refractivity contribution < 1.29 is 14.1 Å². The molecule has 3 rings (SSSR count). The average Bonchev–Trinajstić information content (AvgIpc) is 3.02. The van der Waals surface area contributed by atoms with Crippen molar-refractivity contribution in [3.05, 3.63) is 70.2 Å². The molecule has 0 bridgehead atoms. The minimum Gasteiger partial charge on any atom is -0.454 e. The van der Waals surface area contributed by atoms with Crippen molar-refractivity contribution >= 4 is 17.6 Å². The molecular weight excluding hydrogens is 328 g/mol. The number of halogens is 1. The van der Waals surface area contributed by atoms with Gasteiger partial charge in [-0.25, -0.2) is 4.79 Å². The van der Waals surface area contributed by atoms with Gasteiger partial charge in [0.05, 0.1) is 11.3 Å². The summed E-state index contributed by atoms with van der Waals surface area (Å²) in [5.41, 5.74) is 3.47. The Morgan fingerprint density at radius 2 is 1.92 bits per heavy atom. The van der Waals surface area contributed by atoms with Crippen molar-refractivity contribution in [2.75, 3.05) is 0 Å². The molecule has 3 aromatic rings. The number of esters is 1. The van der Waals surface area contributed by atoms with E-state index < -0.39 is 5.97 Å². The lowest BCUT2D eigenvalue weighted by Crippen LogP contribution is -2.08. The zero-order valence-corrected chi connectivity index (χ0v) is 14.0. The molecule has 0 N–H and O–H groups in total. The second-order valence-corrected chi connectivity index (χ2v) is 5.78. The Balaban J connectivity index is 1.67. The van der Waals surface area contributed by atoms with Crippen molar-refractivity contribution in [2.24, 2.45) is 0 Å². The molecule has 0 fully saturated rings. The van der Waals surface area contributed by atoms with Gasteiger partial charge < -0.3 is 9.26 Å². The summed E-state index contributed by atoms with van der Waals surface area (Å²) in [7, 11) is 0. The smallest absolute Gasteiger partial charge is 0.340 e. The molecule has 0 amide bonds. The van der Waals surface area contributed by atoms with Crippen LogP contribution in [0.2, 0.25) is 5.02 Å². The summed E-state index contributed by atoms with van der Waals surface area (Å²) < 4.78 is 10.5. The Labute approximate surface area is 144 Å². The number of carbonyl (C=O) groups excluding carboxylic acids is 1. The summed E-state index contributed by atoms with van der Waals surface area (Å²) in [4.78, 5) is 16.4. The van der Waals surface area contributed by atoms with Gasteiger partial charge in [0.1, 0.15) is 5.69 Å². The SMILES string of the molecule is Cc1ccc(C(=O)OCc2cc(-c3ccc(Cl)cc3)no2)c(C)n1. The topological polar surface area (TPSA) is 65.2 Å². The molecule has 0 unspecified atom stereocenters. The van der Waals surface area contributed by atoms with Gasteiger partial charge in [0, 0.05) is 22.3 Å². The Bertz CT molecular complexity index is 872.